The summed E-state index contributed by atoms with van der Waals surface area (Å²) in [5.41, 5.74) is 0.350. The fourth-order valence-corrected chi connectivity index (χ4v) is 1.81. The Kier molecular flexibility index (Phi) is 3.64. The molecule has 3 heteroatoms. The Morgan fingerprint density at radius 1 is 1.22 bits per heavy atom. The Bertz CT molecular complexity index is 404. The predicted octanol–water partition coefficient (Wildman–Crippen LogP) is 2.67. The number of hydrogen-bond donors (Lipinski definition) is 2. The highest BCUT2D eigenvalue weighted by atomic mass is 16.5. The quantitative estimate of drug-likeness (QED) is 0.863. The van der Waals surface area contributed by atoms with Crippen molar-refractivity contribution in [3.63, 3.8) is 0 Å². The van der Waals surface area contributed by atoms with Gasteiger partial charge in [0.05, 0.1) is 12.2 Å². The summed E-state index contributed by atoms with van der Waals surface area (Å²) >= 11 is 0. The molecule has 2 unspecified atom stereocenters. The lowest BCUT2D eigenvalue weighted by Crippen LogP contribution is -2.32. The molecule has 1 aliphatic carbocycles. The molecule has 2 atom stereocenters. The maximum absolute atomic E-state index is 10.2. The van der Waals surface area contributed by atoms with E-state index in [1.807, 2.05) is 45.0 Å². The second-order valence-corrected chi connectivity index (χ2v) is 6.15. The normalized spacial score (nSPS) is 19.4. The second-order valence-electron chi connectivity index (χ2n) is 6.15. The summed E-state index contributed by atoms with van der Waals surface area (Å²) < 4.78 is 5.69. The molecule has 0 aromatic heterocycles. The van der Waals surface area contributed by atoms with Crippen LogP contribution < -0.4 is 4.74 Å². The summed E-state index contributed by atoms with van der Waals surface area (Å²) in [6.45, 7) is 5.72. The van der Waals surface area contributed by atoms with E-state index in [-0.39, 0.29) is 5.41 Å². The largest absolute Gasteiger partial charge is 0.490 e. The molecule has 1 fully saturated rings. The highest BCUT2D eigenvalue weighted by molar-refractivity contribution is 5.31. The number of hydrogen-bond acceptors (Lipinski definition) is 3. The third-order valence-corrected chi connectivity index (χ3v) is 3.21. The minimum Gasteiger partial charge on any atom is -0.490 e. The Morgan fingerprint density at radius 3 is 2.44 bits per heavy atom. The van der Waals surface area contributed by atoms with Crippen LogP contribution in [0, 0.1) is 5.41 Å². The van der Waals surface area contributed by atoms with E-state index in [1.165, 1.54) is 0 Å². The number of ether oxygens (including phenoxy) is 1. The van der Waals surface area contributed by atoms with Crippen LogP contribution in [-0.4, -0.2) is 22.4 Å². The molecule has 0 radical (unpaired) electrons. The Hall–Kier alpha value is -1.06. The second kappa shape index (κ2) is 4.90. The SMILES string of the molecule is CC(C)(C)C(O)C(O)c1cccc(OC2CC2)c1. The molecule has 100 valence electrons. The van der Waals surface area contributed by atoms with Crippen molar-refractivity contribution >= 4 is 0 Å². The van der Waals surface area contributed by atoms with Crippen LogP contribution in [-0.2, 0) is 0 Å². The van der Waals surface area contributed by atoms with Crippen LogP contribution in [0.15, 0.2) is 24.3 Å². The first kappa shape index (κ1) is 13.4. The van der Waals surface area contributed by atoms with Gasteiger partial charge < -0.3 is 14.9 Å². The number of aliphatic hydroxyl groups is 2. The average molecular weight is 250 g/mol. The minimum absolute atomic E-state index is 0.338. The molecular formula is C15H22O3. The Morgan fingerprint density at radius 2 is 1.89 bits per heavy atom. The lowest BCUT2D eigenvalue weighted by Gasteiger charge is -2.30. The van der Waals surface area contributed by atoms with Crippen LogP contribution in [0.2, 0.25) is 0 Å². The summed E-state index contributed by atoms with van der Waals surface area (Å²) in [5, 5.41) is 20.3. The van der Waals surface area contributed by atoms with Gasteiger partial charge >= 0.3 is 0 Å². The molecule has 2 N–H and O–H groups in total. The van der Waals surface area contributed by atoms with Gasteiger partial charge in [0.1, 0.15) is 11.9 Å². The van der Waals surface area contributed by atoms with E-state index in [4.69, 9.17) is 4.74 Å². The van der Waals surface area contributed by atoms with Crippen molar-refractivity contribution in [2.24, 2.45) is 5.41 Å². The molecule has 1 aliphatic rings. The molecule has 0 spiro atoms. The molecule has 0 heterocycles. The average Bonchev–Trinajstić information content (AvgIpc) is 3.10. The van der Waals surface area contributed by atoms with Crippen LogP contribution >= 0.6 is 0 Å². The molecule has 0 bridgehead atoms. The van der Waals surface area contributed by atoms with Gasteiger partial charge in [0.15, 0.2) is 0 Å². The van der Waals surface area contributed by atoms with Gasteiger partial charge in [-0.3, -0.25) is 0 Å². The van der Waals surface area contributed by atoms with E-state index in [2.05, 4.69) is 0 Å². The van der Waals surface area contributed by atoms with Crippen LogP contribution in [0.5, 0.6) is 5.75 Å². The predicted molar refractivity (Wildman–Crippen MR) is 70.5 cm³/mol. The van der Waals surface area contributed by atoms with Gasteiger partial charge in [-0.05, 0) is 36.0 Å². The van der Waals surface area contributed by atoms with E-state index < -0.39 is 12.2 Å². The zero-order valence-electron chi connectivity index (χ0n) is 11.3. The van der Waals surface area contributed by atoms with Gasteiger partial charge in [0.2, 0.25) is 0 Å². The molecule has 1 aromatic rings. The lowest BCUT2D eigenvalue weighted by atomic mass is 9.83. The van der Waals surface area contributed by atoms with Gasteiger partial charge in [-0.1, -0.05) is 32.9 Å². The minimum atomic E-state index is -0.882. The summed E-state index contributed by atoms with van der Waals surface area (Å²) in [6, 6.07) is 7.38. The van der Waals surface area contributed by atoms with Gasteiger partial charge in [-0.25, -0.2) is 0 Å². The molecule has 1 aromatic carbocycles. The van der Waals surface area contributed by atoms with Crippen molar-refractivity contribution in [1.29, 1.82) is 0 Å². The van der Waals surface area contributed by atoms with Crippen molar-refractivity contribution in [2.75, 3.05) is 0 Å². The Labute approximate surface area is 108 Å². The van der Waals surface area contributed by atoms with E-state index in [0.29, 0.717) is 11.7 Å². The van der Waals surface area contributed by atoms with Crippen molar-refractivity contribution < 1.29 is 14.9 Å². The number of aliphatic hydroxyl groups excluding tert-OH is 2. The highest BCUT2D eigenvalue weighted by Crippen LogP contribution is 2.32. The zero-order valence-corrected chi connectivity index (χ0v) is 11.3. The van der Waals surface area contributed by atoms with E-state index in [0.717, 1.165) is 18.6 Å². The topological polar surface area (TPSA) is 49.7 Å². The Balaban J connectivity index is 2.11. The smallest absolute Gasteiger partial charge is 0.120 e. The maximum Gasteiger partial charge on any atom is 0.120 e. The van der Waals surface area contributed by atoms with E-state index in [9.17, 15) is 10.2 Å². The summed E-state index contributed by atoms with van der Waals surface area (Å²) in [4.78, 5) is 0. The van der Waals surface area contributed by atoms with Crippen molar-refractivity contribution in [2.45, 2.75) is 51.9 Å². The molecule has 2 rings (SSSR count). The summed E-state index contributed by atoms with van der Waals surface area (Å²) in [6.07, 6.45) is 0.876. The third kappa shape index (κ3) is 3.24. The summed E-state index contributed by atoms with van der Waals surface area (Å²) in [7, 11) is 0. The molecule has 1 saturated carbocycles. The number of benzene rings is 1. The van der Waals surface area contributed by atoms with Crippen molar-refractivity contribution in [1.82, 2.24) is 0 Å². The molecule has 0 saturated heterocycles. The van der Waals surface area contributed by atoms with Crippen LogP contribution in [0.25, 0.3) is 0 Å². The first-order valence-corrected chi connectivity index (χ1v) is 6.50. The molecule has 18 heavy (non-hydrogen) atoms. The third-order valence-electron chi connectivity index (χ3n) is 3.21. The standard InChI is InChI=1S/C15H22O3/c1-15(2,3)14(17)13(16)10-5-4-6-12(9-10)18-11-7-8-11/h4-6,9,11,13-14,16-17H,7-8H2,1-3H3. The first-order valence-electron chi connectivity index (χ1n) is 6.50. The zero-order chi connectivity index (χ0) is 13.3. The highest BCUT2D eigenvalue weighted by Gasteiger charge is 2.30. The molecular weight excluding hydrogens is 228 g/mol. The lowest BCUT2D eigenvalue weighted by molar-refractivity contribution is -0.0459. The van der Waals surface area contributed by atoms with Gasteiger partial charge in [-0.2, -0.15) is 0 Å². The van der Waals surface area contributed by atoms with E-state index >= 15 is 0 Å². The molecule has 0 aliphatic heterocycles. The molecule has 0 amide bonds. The monoisotopic (exact) mass is 250 g/mol. The maximum atomic E-state index is 10.2. The van der Waals surface area contributed by atoms with E-state index in [1.54, 1.807) is 0 Å². The van der Waals surface area contributed by atoms with Gasteiger partial charge in [0, 0.05) is 0 Å². The van der Waals surface area contributed by atoms with Crippen molar-refractivity contribution in [3.8, 4) is 5.75 Å². The first-order chi connectivity index (χ1) is 8.38. The fraction of sp³-hybridized carbons (Fsp3) is 0.600. The van der Waals surface area contributed by atoms with Crippen LogP contribution in [0.4, 0.5) is 0 Å². The summed E-state index contributed by atoms with van der Waals surface area (Å²) in [5.74, 6) is 0.773. The van der Waals surface area contributed by atoms with Crippen LogP contribution in [0.1, 0.15) is 45.3 Å². The van der Waals surface area contributed by atoms with Crippen LogP contribution in [0.3, 0.4) is 0 Å². The van der Waals surface area contributed by atoms with Gasteiger partial charge in [0.25, 0.3) is 0 Å². The van der Waals surface area contributed by atoms with Gasteiger partial charge in [-0.15, -0.1) is 0 Å². The van der Waals surface area contributed by atoms with Crippen molar-refractivity contribution in [3.05, 3.63) is 29.8 Å². The molecule has 3 nitrogen and oxygen atoms in total. The fourth-order valence-electron chi connectivity index (χ4n) is 1.81. The number of rotatable bonds is 4.